The van der Waals surface area contributed by atoms with Crippen LogP contribution >= 0.6 is 0 Å². The fourth-order valence-electron chi connectivity index (χ4n) is 4.49. The highest BCUT2D eigenvalue weighted by atomic mass is 19.1. The number of primary amides is 1. The Morgan fingerprint density at radius 1 is 1.16 bits per heavy atom. The minimum Gasteiger partial charge on any atom is -0.370 e. The van der Waals surface area contributed by atoms with E-state index >= 15 is 0 Å². The van der Waals surface area contributed by atoms with Gasteiger partial charge in [0, 0.05) is 19.5 Å². The van der Waals surface area contributed by atoms with E-state index in [2.05, 4.69) is 0 Å². The Bertz CT molecular complexity index is 632. The molecule has 1 saturated heterocycles. The van der Waals surface area contributed by atoms with Crippen molar-refractivity contribution in [1.29, 1.82) is 0 Å². The second kappa shape index (κ2) is 7.54. The summed E-state index contributed by atoms with van der Waals surface area (Å²) in [5.41, 5.74) is 5.52. The van der Waals surface area contributed by atoms with Gasteiger partial charge >= 0.3 is 0 Å². The van der Waals surface area contributed by atoms with Crippen molar-refractivity contribution in [3.8, 4) is 0 Å². The summed E-state index contributed by atoms with van der Waals surface area (Å²) in [6.07, 6.45) is 6.73. The molecule has 25 heavy (non-hydrogen) atoms. The molecule has 3 rings (SSSR count). The lowest BCUT2D eigenvalue weighted by molar-refractivity contribution is -0.140. The largest absolute Gasteiger partial charge is 0.370 e. The maximum atomic E-state index is 13.8. The summed E-state index contributed by atoms with van der Waals surface area (Å²) >= 11 is 0. The molecule has 1 aromatic carbocycles. The molecule has 2 N–H and O–H groups in total. The molecule has 5 heteroatoms. The van der Waals surface area contributed by atoms with Crippen LogP contribution in [-0.2, 0) is 15.0 Å². The van der Waals surface area contributed by atoms with Gasteiger partial charge in [-0.25, -0.2) is 4.39 Å². The first-order chi connectivity index (χ1) is 12.0. The topological polar surface area (TPSA) is 63.4 Å². The summed E-state index contributed by atoms with van der Waals surface area (Å²) in [6.45, 7) is 1.32. The average molecular weight is 346 g/mol. The lowest BCUT2D eigenvalue weighted by Crippen LogP contribution is -2.50. The van der Waals surface area contributed by atoms with Crippen molar-refractivity contribution in [2.75, 3.05) is 13.1 Å². The van der Waals surface area contributed by atoms with Crippen molar-refractivity contribution in [2.45, 2.75) is 56.8 Å². The molecular weight excluding hydrogens is 319 g/mol. The van der Waals surface area contributed by atoms with Gasteiger partial charge in [0.2, 0.25) is 11.8 Å². The third-order valence-electron chi connectivity index (χ3n) is 5.89. The third kappa shape index (κ3) is 3.86. The SMILES string of the molecule is NC(=O)CC1CCN(C(=O)C2(c3cccc(F)c3)CCCCC2)CC1. The fraction of sp³-hybridized carbons (Fsp3) is 0.600. The Morgan fingerprint density at radius 3 is 2.44 bits per heavy atom. The Kier molecular flexibility index (Phi) is 5.40. The number of piperidine rings is 1. The molecule has 1 heterocycles. The van der Waals surface area contributed by atoms with Crippen molar-refractivity contribution in [3.05, 3.63) is 35.6 Å². The van der Waals surface area contributed by atoms with Gasteiger partial charge < -0.3 is 10.6 Å². The zero-order valence-electron chi connectivity index (χ0n) is 14.7. The number of nitrogens with zero attached hydrogens (tertiary/aromatic N) is 1. The van der Waals surface area contributed by atoms with Crippen molar-refractivity contribution in [3.63, 3.8) is 0 Å². The normalized spacial score (nSPS) is 21.1. The smallest absolute Gasteiger partial charge is 0.233 e. The monoisotopic (exact) mass is 346 g/mol. The molecule has 0 aromatic heterocycles. The summed E-state index contributed by atoms with van der Waals surface area (Å²) < 4.78 is 13.8. The van der Waals surface area contributed by atoms with Crippen LogP contribution in [0.15, 0.2) is 24.3 Å². The number of amides is 2. The van der Waals surface area contributed by atoms with Crippen molar-refractivity contribution >= 4 is 11.8 Å². The van der Waals surface area contributed by atoms with Crippen LogP contribution < -0.4 is 5.73 Å². The molecule has 0 atom stereocenters. The summed E-state index contributed by atoms with van der Waals surface area (Å²) in [4.78, 5) is 26.5. The number of likely N-dealkylation sites (tertiary alicyclic amines) is 1. The molecule has 0 radical (unpaired) electrons. The summed E-state index contributed by atoms with van der Waals surface area (Å²) in [5.74, 6) is -0.142. The molecule has 136 valence electrons. The van der Waals surface area contributed by atoms with E-state index < -0.39 is 5.41 Å². The predicted octanol–water partition coefficient (Wildman–Crippen LogP) is 3.14. The molecule has 0 unspecified atom stereocenters. The first kappa shape index (κ1) is 17.9. The van der Waals surface area contributed by atoms with Crippen LogP contribution in [0.1, 0.15) is 56.9 Å². The van der Waals surface area contributed by atoms with Crippen LogP contribution in [0.5, 0.6) is 0 Å². The van der Waals surface area contributed by atoms with Crippen LogP contribution in [0.3, 0.4) is 0 Å². The quantitative estimate of drug-likeness (QED) is 0.910. The maximum Gasteiger partial charge on any atom is 0.233 e. The van der Waals surface area contributed by atoms with E-state index in [-0.39, 0.29) is 23.5 Å². The Balaban J connectivity index is 1.78. The van der Waals surface area contributed by atoms with Crippen LogP contribution in [0.4, 0.5) is 4.39 Å². The van der Waals surface area contributed by atoms with Gasteiger partial charge in [-0.05, 0) is 49.3 Å². The second-order valence-corrected chi connectivity index (χ2v) is 7.56. The number of carbonyl (C=O) groups is 2. The van der Waals surface area contributed by atoms with Gasteiger partial charge in [0.05, 0.1) is 5.41 Å². The lowest BCUT2D eigenvalue weighted by atomic mass is 9.68. The maximum absolute atomic E-state index is 13.8. The summed E-state index contributed by atoms with van der Waals surface area (Å²) in [5, 5.41) is 0. The molecule has 1 aromatic rings. The molecule has 2 aliphatic rings. The number of benzene rings is 1. The average Bonchev–Trinajstić information content (AvgIpc) is 2.62. The molecule has 1 aliphatic heterocycles. The minimum absolute atomic E-state index is 0.135. The predicted molar refractivity (Wildman–Crippen MR) is 94.3 cm³/mol. The van der Waals surface area contributed by atoms with Crippen LogP contribution in [0, 0.1) is 11.7 Å². The first-order valence-corrected chi connectivity index (χ1v) is 9.35. The Labute approximate surface area is 148 Å². The van der Waals surface area contributed by atoms with Gasteiger partial charge in [-0.3, -0.25) is 9.59 Å². The number of nitrogens with two attached hydrogens (primary N) is 1. The van der Waals surface area contributed by atoms with E-state index in [0.717, 1.165) is 50.5 Å². The van der Waals surface area contributed by atoms with Gasteiger partial charge in [-0.1, -0.05) is 31.4 Å². The molecule has 1 aliphatic carbocycles. The van der Waals surface area contributed by atoms with Gasteiger partial charge in [0.25, 0.3) is 0 Å². The number of carbonyl (C=O) groups excluding carboxylic acids is 2. The highest BCUT2D eigenvalue weighted by Gasteiger charge is 2.44. The molecule has 2 fully saturated rings. The third-order valence-corrected chi connectivity index (χ3v) is 5.89. The molecular formula is C20H27FN2O2. The zero-order chi connectivity index (χ0) is 17.9. The number of hydrogen-bond acceptors (Lipinski definition) is 2. The molecule has 4 nitrogen and oxygen atoms in total. The molecule has 0 bridgehead atoms. The fourth-order valence-corrected chi connectivity index (χ4v) is 4.49. The van der Waals surface area contributed by atoms with Crippen LogP contribution in [0.2, 0.25) is 0 Å². The number of hydrogen-bond donors (Lipinski definition) is 1. The van der Waals surface area contributed by atoms with Crippen LogP contribution in [0.25, 0.3) is 0 Å². The van der Waals surface area contributed by atoms with Crippen molar-refractivity contribution < 1.29 is 14.0 Å². The standard InChI is InChI=1S/C20H27FN2O2/c21-17-6-4-5-16(14-17)20(9-2-1-3-10-20)19(25)23-11-7-15(8-12-23)13-18(22)24/h4-6,14-15H,1-3,7-13H2,(H2,22,24). The van der Waals surface area contributed by atoms with Gasteiger partial charge in [-0.15, -0.1) is 0 Å². The summed E-state index contributed by atoms with van der Waals surface area (Å²) in [7, 11) is 0. The summed E-state index contributed by atoms with van der Waals surface area (Å²) in [6, 6.07) is 6.56. The van der Waals surface area contributed by atoms with Gasteiger partial charge in [-0.2, -0.15) is 0 Å². The van der Waals surface area contributed by atoms with E-state index in [1.165, 1.54) is 12.1 Å². The molecule has 2 amide bonds. The minimum atomic E-state index is -0.586. The number of rotatable bonds is 4. The zero-order valence-corrected chi connectivity index (χ0v) is 14.7. The van der Waals surface area contributed by atoms with E-state index in [1.807, 2.05) is 11.0 Å². The van der Waals surface area contributed by atoms with E-state index in [9.17, 15) is 14.0 Å². The van der Waals surface area contributed by atoms with Crippen molar-refractivity contribution in [2.24, 2.45) is 11.7 Å². The second-order valence-electron chi connectivity index (χ2n) is 7.56. The number of halogens is 1. The van der Waals surface area contributed by atoms with E-state index in [1.54, 1.807) is 6.07 Å². The Morgan fingerprint density at radius 2 is 1.84 bits per heavy atom. The van der Waals surface area contributed by atoms with E-state index in [0.29, 0.717) is 19.5 Å². The Hall–Kier alpha value is -1.91. The van der Waals surface area contributed by atoms with E-state index in [4.69, 9.17) is 5.73 Å². The highest BCUT2D eigenvalue weighted by Crippen LogP contribution is 2.42. The molecule has 1 saturated carbocycles. The van der Waals surface area contributed by atoms with Gasteiger partial charge in [0.1, 0.15) is 5.82 Å². The first-order valence-electron chi connectivity index (χ1n) is 9.35. The lowest BCUT2D eigenvalue weighted by Gasteiger charge is -2.42. The highest BCUT2D eigenvalue weighted by molar-refractivity contribution is 5.88. The molecule has 0 spiro atoms. The van der Waals surface area contributed by atoms with Gasteiger partial charge in [0.15, 0.2) is 0 Å². The van der Waals surface area contributed by atoms with Crippen molar-refractivity contribution in [1.82, 2.24) is 4.90 Å². The van der Waals surface area contributed by atoms with Crippen LogP contribution in [-0.4, -0.2) is 29.8 Å².